The smallest absolute Gasteiger partial charge is 0.251 e. The van der Waals surface area contributed by atoms with Crippen LogP contribution < -0.4 is 21.3 Å². The van der Waals surface area contributed by atoms with Gasteiger partial charge in [-0.1, -0.05) is 57.5 Å². The minimum absolute atomic E-state index is 0.0615. The highest BCUT2D eigenvalue weighted by molar-refractivity contribution is 6.09. The van der Waals surface area contributed by atoms with Crippen molar-refractivity contribution in [3.63, 3.8) is 0 Å². The standard InChI is InChI=1S/C20H24N4O.C14H23N/c1-2-3-12-22-20(25)14-8-9-18-19(13-14)24-17(10-11-21)15-6-4-5-7-16(15)23-18;1-5-9-15(10-6-2)14-11-12(3)7-8-13(14)4/h4-9,13,23H,2-3,10-12,21H2,1H3,(H,22,25);7-8,11H,5-6,9-10H2,1-4H3. The molecule has 1 aliphatic rings. The number of benzene rings is 3. The molecular weight excluding hydrogens is 494 g/mol. The number of amides is 1. The number of carbonyl (C=O) groups is 1. The van der Waals surface area contributed by atoms with Gasteiger partial charge in [-0.25, -0.2) is 0 Å². The Hall–Kier alpha value is -3.64. The second-order valence-electron chi connectivity index (χ2n) is 10.4. The molecule has 6 nitrogen and oxygen atoms in total. The van der Waals surface area contributed by atoms with Gasteiger partial charge in [-0.2, -0.15) is 0 Å². The molecule has 3 aromatic carbocycles. The van der Waals surface area contributed by atoms with Crippen LogP contribution in [0.5, 0.6) is 0 Å². The molecule has 0 fully saturated rings. The molecule has 4 N–H and O–H groups in total. The number of aryl methyl sites for hydroxylation is 2. The Bertz CT molecular complexity index is 1280. The summed E-state index contributed by atoms with van der Waals surface area (Å²) in [5, 5.41) is 6.37. The van der Waals surface area contributed by atoms with Gasteiger partial charge >= 0.3 is 0 Å². The molecular formula is C34H47N5O. The van der Waals surface area contributed by atoms with Crippen LogP contribution in [0.1, 0.15) is 79.9 Å². The molecule has 0 radical (unpaired) electrons. The van der Waals surface area contributed by atoms with Gasteiger partial charge in [0, 0.05) is 48.6 Å². The first-order valence-corrected chi connectivity index (χ1v) is 14.8. The third-order valence-electron chi connectivity index (χ3n) is 6.91. The SMILES string of the molecule is CCCCNC(=O)c1ccc2c(c1)N=C(CCN)c1ccccc1N2.CCCN(CCC)c1cc(C)ccc1C. The number of rotatable bonds is 11. The number of nitrogens with zero attached hydrogens (tertiary/aromatic N) is 2. The molecule has 1 amide bonds. The topological polar surface area (TPSA) is 82.8 Å². The van der Waals surface area contributed by atoms with Crippen LogP contribution in [-0.4, -0.2) is 37.8 Å². The lowest BCUT2D eigenvalue weighted by Crippen LogP contribution is -2.25. The number of anilines is 3. The lowest BCUT2D eigenvalue weighted by Gasteiger charge is -2.26. The number of para-hydroxylation sites is 1. The highest BCUT2D eigenvalue weighted by Gasteiger charge is 2.17. The first-order valence-electron chi connectivity index (χ1n) is 14.8. The maximum Gasteiger partial charge on any atom is 0.251 e. The number of fused-ring (bicyclic) bond motifs is 2. The zero-order valence-electron chi connectivity index (χ0n) is 25.0. The molecule has 1 aliphatic heterocycles. The second-order valence-corrected chi connectivity index (χ2v) is 10.4. The van der Waals surface area contributed by atoms with Gasteiger partial charge in [-0.3, -0.25) is 9.79 Å². The van der Waals surface area contributed by atoms with Crippen LogP contribution in [0.4, 0.5) is 22.7 Å². The minimum Gasteiger partial charge on any atom is -0.371 e. The summed E-state index contributed by atoms with van der Waals surface area (Å²) in [5.41, 5.74) is 15.2. The molecule has 0 atom stereocenters. The Balaban J connectivity index is 0.000000252. The molecule has 1 heterocycles. The lowest BCUT2D eigenvalue weighted by molar-refractivity contribution is 0.0953. The van der Waals surface area contributed by atoms with Crippen LogP contribution in [-0.2, 0) is 0 Å². The molecule has 0 aliphatic carbocycles. The number of hydrogen-bond donors (Lipinski definition) is 3. The molecule has 0 spiro atoms. The Kier molecular flexibility index (Phi) is 12.2. The van der Waals surface area contributed by atoms with E-state index in [1.54, 1.807) is 0 Å². The number of hydrogen-bond acceptors (Lipinski definition) is 5. The zero-order chi connectivity index (χ0) is 28.9. The van der Waals surface area contributed by atoms with E-state index in [0.29, 0.717) is 25.1 Å². The normalized spacial score (nSPS) is 11.6. The van der Waals surface area contributed by atoms with Crippen LogP contribution in [0.15, 0.2) is 65.7 Å². The summed E-state index contributed by atoms with van der Waals surface area (Å²) >= 11 is 0. The van der Waals surface area contributed by atoms with E-state index >= 15 is 0 Å². The number of nitrogens with one attached hydrogen (secondary N) is 2. The quantitative estimate of drug-likeness (QED) is 0.218. The summed E-state index contributed by atoms with van der Waals surface area (Å²) in [6.45, 7) is 14.5. The van der Waals surface area contributed by atoms with Gasteiger partial charge in [0.15, 0.2) is 0 Å². The van der Waals surface area contributed by atoms with Crippen molar-refractivity contribution in [3.05, 3.63) is 82.9 Å². The molecule has 0 saturated heterocycles. The van der Waals surface area contributed by atoms with Gasteiger partial charge in [-0.05, 0) is 81.1 Å². The minimum atomic E-state index is -0.0615. The predicted octanol–water partition coefficient (Wildman–Crippen LogP) is 7.67. The monoisotopic (exact) mass is 541 g/mol. The molecule has 0 aromatic heterocycles. The predicted molar refractivity (Wildman–Crippen MR) is 172 cm³/mol. The molecule has 0 bridgehead atoms. The molecule has 6 heteroatoms. The van der Waals surface area contributed by atoms with Crippen molar-refractivity contribution < 1.29 is 4.79 Å². The van der Waals surface area contributed by atoms with E-state index in [9.17, 15) is 4.79 Å². The van der Waals surface area contributed by atoms with Crippen LogP contribution in [0.25, 0.3) is 0 Å². The molecule has 40 heavy (non-hydrogen) atoms. The second kappa shape index (κ2) is 15.8. The van der Waals surface area contributed by atoms with E-state index in [1.165, 1.54) is 29.7 Å². The van der Waals surface area contributed by atoms with Crippen LogP contribution >= 0.6 is 0 Å². The summed E-state index contributed by atoms with van der Waals surface area (Å²) in [7, 11) is 0. The molecule has 0 saturated carbocycles. The maximum atomic E-state index is 12.3. The van der Waals surface area contributed by atoms with E-state index in [-0.39, 0.29) is 5.91 Å². The third kappa shape index (κ3) is 8.43. The van der Waals surface area contributed by atoms with Crippen molar-refractivity contribution in [1.82, 2.24) is 5.32 Å². The molecule has 0 unspecified atom stereocenters. The van der Waals surface area contributed by atoms with E-state index < -0.39 is 0 Å². The number of aliphatic imine (C=N–C) groups is 1. The van der Waals surface area contributed by atoms with Crippen molar-refractivity contribution in [2.45, 2.75) is 66.7 Å². The summed E-state index contributed by atoms with van der Waals surface area (Å²) in [4.78, 5) is 19.6. The Morgan fingerprint density at radius 1 is 0.925 bits per heavy atom. The summed E-state index contributed by atoms with van der Waals surface area (Å²) < 4.78 is 0. The summed E-state index contributed by atoms with van der Waals surface area (Å²) in [6, 6.07) is 20.4. The van der Waals surface area contributed by atoms with Crippen molar-refractivity contribution in [1.29, 1.82) is 0 Å². The number of unbranched alkanes of at least 4 members (excludes halogenated alkanes) is 1. The Labute approximate surface area is 241 Å². The Morgan fingerprint density at radius 2 is 1.68 bits per heavy atom. The van der Waals surface area contributed by atoms with E-state index in [0.717, 1.165) is 54.3 Å². The average molecular weight is 542 g/mol. The largest absolute Gasteiger partial charge is 0.371 e. The van der Waals surface area contributed by atoms with Crippen molar-refractivity contribution in [3.8, 4) is 0 Å². The fourth-order valence-electron chi connectivity index (χ4n) is 4.83. The number of nitrogens with two attached hydrogens (primary N) is 1. The van der Waals surface area contributed by atoms with Gasteiger partial charge in [-0.15, -0.1) is 0 Å². The molecule has 214 valence electrons. The highest BCUT2D eigenvalue weighted by Crippen LogP contribution is 2.35. The fraction of sp³-hybridized carbons (Fsp3) is 0.412. The summed E-state index contributed by atoms with van der Waals surface area (Å²) in [5.74, 6) is -0.0615. The van der Waals surface area contributed by atoms with E-state index in [2.05, 4.69) is 68.4 Å². The van der Waals surface area contributed by atoms with Gasteiger partial charge in [0.05, 0.1) is 17.1 Å². The zero-order valence-corrected chi connectivity index (χ0v) is 25.0. The van der Waals surface area contributed by atoms with Gasteiger partial charge in [0.1, 0.15) is 0 Å². The maximum absolute atomic E-state index is 12.3. The fourth-order valence-corrected chi connectivity index (χ4v) is 4.83. The van der Waals surface area contributed by atoms with Crippen LogP contribution in [0.2, 0.25) is 0 Å². The van der Waals surface area contributed by atoms with Crippen molar-refractivity contribution >= 4 is 34.4 Å². The number of carbonyl (C=O) groups excluding carboxylic acids is 1. The summed E-state index contributed by atoms with van der Waals surface area (Å²) in [6.07, 6.45) is 5.15. The third-order valence-corrected chi connectivity index (χ3v) is 6.91. The van der Waals surface area contributed by atoms with Crippen LogP contribution in [0.3, 0.4) is 0 Å². The van der Waals surface area contributed by atoms with Crippen molar-refractivity contribution in [2.75, 3.05) is 36.4 Å². The van der Waals surface area contributed by atoms with E-state index in [1.807, 2.05) is 42.5 Å². The van der Waals surface area contributed by atoms with Gasteiger partial charge in [0.2, 0.25) is 0 Å². The van der Waals surface area contributed by atoms with E-state index in [4.69, 9.17) is 10.7 Å². The average Bonchev–Trinajstić information content (AvgIpc) is 3.11. The Morgan fingerprint density at radius 3 is 2.38 bits per heavy atom. The lowest BCUT2D eigenvalue weighted by atomic mass is 10.1. The molecule has 4 rings (SSSR count). The van der Waals surface area contributed by atoms with Gasteiger partial charge < -0.3 is 21.3 Å². The first-order chi connectivity index (χ1) is 19.4. The van der Waals surface area contributed by atoms with Crippen LogP contribution in [0, 0.1) is 13.8 Å². The molecule has 3 aromatic rings. The highest BCUT2D eigenvalue weighted by atomic mass is 16.1. The first kappa shape index (κ1) is 30.9. The van der Waals surface area contributed by atoms with Gasteiger partial charge in [0.25, 0.3) is 5.91 Å². The van der Waals surface area contributed by atoms with Crippen molar-refractivity contribution in [2.24, 2.45) is 10.7 Å².